The normalized spacial score (nSPS) is 11.4. The van der Waals surface area contributed by atoms with Crippen molar-refractivity contribution in [1.82, 2.24) is 0 Å². The van der Waals surface area contributed by atoms with E-state index in [2.05, 4.69) is 6.92 Å². The topological polar surface area (TPSA) is 44.8 Å². The third kappa shape index (κ3) is 5.61. The fourth-order valence-corrected chi connectivity index (χ4v) is 2.57. The lowest BCUT2D eigenvalue weighted by molar-refractivity contribution is 0.104. The first-order valence-corrected chi connectivity index (χ1v) is 9.21. The highest BCUT2D eigenvalue weighted by atomic mass is 16.5. The lowest BCUT2D eigenvalue weighted by Crippen LogP contribution is -1.96. The highest BCUT2D eigenvalue weighted by Gasteiger charge is 2.10. The first kappa shape index (κ1) is 21.0. The highest BCUT2D eigenvalue weighted by Crippen LogP contribution is 2.31. The van der Waals surface area contributed by atoms with Gasteiger partial charge in [-0.25, -0.2) is 0 Å². The van der Waals surface area contributed by atoms with Crippen molar-refractivity contribution in [2.45, 2.75) is 27.2 Å². The van der Waals surface area contributed by atoms with E-state index in [0.29, 0.717) is 17.1 Å². The van der Waals surface area contributed by atoms with Crippen LogP contribution >= 0.6 is 0 Å². The molecule has 2 rings (SSSR count). The Labute approximate surface area is 166 Å². The third-order valence-corrected chi connectivity index (χ3v) is 4.02. The molecule has 0 unspecified atom stereocenters. The first-order valence-electron chi connectivity index (χ1n) is 9.21. The summed E-state index contributed by atoms with van der Waals surface area (Å²) in [6, 6.07) is 10.8. The zero-order valence-corrected chi connectivity index (χ0v) is 16.8. The van der Waals surface area contributed by atoms with E-state index in [1.165, 1.54) is 0 Å². The lowest BCUT2D eigenvalue weighted by atomic mass is 10.0. The van der Waals surface area contributed by atoms with Crippen molar-refractivity contribution >= 4 is 11.9 Å². The summed E-state index contributed by atoms with van der Waals surface area (Å²) in [6.45, 7) is 5.82. The number of ketones is 1. The number of carbonyl (C=O) groups is 1. The van der Waals surface area contributed by atoms with Gasteiger partial charge in [0.2, 0.25) is 0 Å². The maximum absolute atomic E-state index is 12.5. The van der Waals surface area contributed by atoms with Gasteiger partial charge in [0.05, 0.1) is 19.6 Å². The molecule has 0 aromatic heterocycles. The van der Waals surface area contributed by atoms with Crippen LogP contribution in [0, 0.1) is 0 Å². The van der Waals surface area contributed by atoms with Crippen molar-refractivity contribution in [2.24, 2.45) is 0 Å². The molecule has 0 saturated heterocycles. The highest BCUT2D eigenvalue weighted by molar-refractivity contribution is 6.07. The summed E-state index contributed by atoms with van der Waals surface area (Å²) in [4.78, 5) is 12.5. The van der Waals surface area contributed by atoms with Crippen LogP contribution in [-0.4, -0.2) is 12.9 Å². The molecule has 0 aliphatic carbocycles. The Hall–Kier alpha value is -3.27. The number of carbonyl (C=O) groups excluding carboxylic acids is 1. The predicted molar refractivity (Wildman–Crippen MR) is 113 cm³/mol. The van der Waals surface area contributed by atoms with Gasteiger partial charge in [-0.3, -0.25) is 4.79 Å². The molecule has 0 saturated carbocycles. The number of benzene rings is 2. The van der Waals surface area contributed by atoms with E-state index in [1.54, 1.807) is 62.1 Å². The number of ether oxygens (including phenoxy) is 3. The van der Waals surface area contributed by atoms with Gasteiger partial charge in [-0.05, 0) is 68.3 Å². The second kappa shape index (κ2) is 10.8. The minimum absolute atomic E-state index is 0.0908. The summed E-state index contributed by atoms with van der Waals surface area (Å²) in [5.74, 6) is 1.99. The van der Waals surface area contributed by atoms with Crippen molar-refractivity contribution in [3.05, 3.63) is 83.8 Å². The molecule has 28 heavy (non-hydrogen) atoms. The van der Waals surface area contributed by atoms with Gasteiger partial charge in [-0.2, -0.15) is 0 Å². The van der Waals surface area contributed by atoms with Crippen LogP contribution in [0.25, 0.3) is 6.08 Å². The molecule has 4 heteroatoms. The molecule has 0 aliphatic heterocycles. The molecule has 0 radical (unpaired) electrons. The van der Waals surface area contributed by atoms with Crippen LogP contribution in [0.5, 0.6) is 17.2 Å². The van der Waals surface area contributed by atoms with Crippen LogP contribution in [-0.2, 0) is 6.42 Å². The summed E-state index contributed by atoms with van der Waals surface area (Å²) in [6.07, 6.45) is 11.0. The van der Waals surface area contributed by atoms with Crippen molar-refractivity contribution in [3.8, 4) is 17.2 Å². The van der Waals surface area contributed by atoms with Crippen molar-refractivity contribution < 1.29 is 19.0 Å². The molecule has 0 aliphatic rings. The smallest absolute Gasteiger partial charge is 0.185 e. The summed E-state index contributed by atoms with van der Waals surface area (Å²) in [7, 11) is 1.60. The molecule has 4 nitrogen and oxygen atoms in total. The molecule has 0 amide bonds. The van der Waals surface area contributed by atoms with E-state index < -0.39 is 0 Å². The maximum Gasteiger partial charge on any atom is 0.185 e. The largest absolute Gasteiger partial charge is 0.496 e. The average molecular weight is 378 g/mol. The second-order valence-electron chi connectivity index (χ2n) is 5.95. The van der Waals surface area contributed by atoms with E-state index in [-0.39, 0.29) is 5.78 Å². The molecule has 2 aromatic carbocycles. The molecule has 0 spiro atoms. The molecule has 0 fully saturated rings. The van der Waals surface area contributed by atoms with E-state index in [0.717, 1.165) is 23.3 Å². The van der Waals surface area contributed by atoms with E-state index >= 15 is 0 Å². The summed E-state index contributed by atoms with van der Waals surface area (Å²) in [5, 5.41) is 0. The summed E-state index contributed by atoms with van der Waals surface area (Å²) >= 11 is 0. The number of hydrogen-bond donors (Lipinski definition) is 0. The van der Waals surface area contributed by atoms with Crippen molar-refractivity contribution in [1.29, 1.82) is 0 Å². The predicted octanol–water partition coefficient (Wildman–Crippen LogP) is 5.98. The van der Waals surface area contributed by atoms with Crippen LogP contribution in [0.2, 0.25) is 0 Å². The number of hydrogen-bond acceptors (Lipinski definition) is 4. The Bertz CT molecular complexity index is 874. The molecule has 146 valence electrons. The van der Waals surface area contributed by atoms with Gasteiger partial charge in [0.15, 0.2) is 5.78 Å². The van der Waals surface area contributed by atoms with E-state index in [4.69, 9.17) is 14.2 Å². The van der Waals surface area contributed by atoms with Gasteiger partial charge >= 0.3 is 0 Å². The van der Waals surface area contributed by atoms with Gasteiger partial charge in [-0.15, -0.1) is 0 Å². The standard InChI is InChI=1S/C24H26O4/c1-5-14-27-21-11-8-19(9-12-21)22(25)13-10-20-16-18(7-3)24(28-15-6-2)17-23(20)26-4/h5-6,8-17H,7H2,1-4H3. The zero-order chi connectivity index (χ0) is 20.4. The molecule has 0 heterocycles. The van der Waals surface area contributed by atoms with Crippen LogP contribution in [0.15, 0.2) is 67.2 Å². The van der Waals surface area contributed by atoms with Gasteiger partial charge in [0.25, 0.3) is 0 Å². The monoisotopic (exact) mass is 378 g/mol. The van der Waals surface area contributed by atoms with Crippen molar-refractivity contribution in [3.63, 3.8) is 0 Å². The molecular weight excluding hydrogens is 352 g/mol. The lowest BCUT2D eigenvalue weighted by Gasteiger charge is -2.12. The Morgan fingerprint density at radius 1 is 0.964 bits per heavy atom. The zero-order valence-electron chi connectivity index (χ0n) is 16.8. The fourth-order valence-electron chi connectivity index (χ4n) is 2.57. The maximum atomic E-state index is 12.5. The molecular formula is C24H26O4. The quantitative estimate of drug-likeness (QED) is 0.306. The first-order chi connectivity index (χ1) is 13.6. The van der Waals surface area contributed by atoms with Gasteiger partial charge in [0.1, 0.15) is 17.2 Å². The minimum Gasteiger partial charge on any atom is -0.496 e. The molecule has 0 N–H and O–H groups in total. The van der Waals surface area contributed by atoms with Crippen LogP contribution in [0.1, 0.15) is 42.3 Å². The van der Waals surface area contributed by atoms with Crippen LogP contribution in [0.3, 0.4) is 0 Å². The Balaban J connectivity index is 2.23. The summed E-state index contributed by atoms with van der Waals surface area (Å²) in [5.41, 5.74) is 2.46. The van der Waals surface area contributed by atoms with Gasteiger partial charge in [0, 0.05) is 17.2 Å². The Kier molecular flexibility index (Phi) is 8.10. The van der Waals surface area contributed by atoms with Crippen LogP contribution in [0.4, 0.5) is 0 Å². The number of methoxy groups -OCH3 is 1. The van der Waals surface area contributed by atoms with Gasteiger partial charge in [-0.1, -0.05) is 19.1 Å². The summed E-state index contributed by atoms with van der Waals surface area (Å²) < 4.78 is 16.5. The second-order valence-corrected chi connectivity index (χ2v) is 5.95. The van der Waals surface area contributed by atoms with Crippen molar-refractivity contribution in [2.75, 3.05) is 7.11 Å². The number of aryl methyl sites for hydroxylation is 1. The third-order valence-electron chi connectivity index (χ3n) is 4.02. The SMILES string of the molecule is CC=COc1ccc(C(=O)C=Cc2cc(CC)c(OC=CC)cc2OC)cc1. The number of rotatable bonds is 9. The molecule has 0 atom stereocenters. The molecule has 2 aromatic rings. The fraction of sp³-hybridized carbons (Fsp3) is 0.208. The minimum atomic E-state index is -0.0908. The van der Waals surface area contributed by atoms with E-state index in [9.17, 15) is 4.79 Å². The Morgan fingerprint density at radius 2 is 1.64 bits per heavy atom. The van der Waals surface area contributed by atoms with Crippen LogP contribution < -0.4 is 14.2 Å². The Morgan fingerprint density at radius 3 is 2.25 bits per heavy atom. The molecule has 0 bridgehead atoms. The van der Waals surface area contributed by atoms with Gasteiger partial charge < -0.3 is 14.2 Å². The van der Waals surface area contributed by atoms with E-state index in [1.807, 2.05) is 32.1 Å². The number of allylic oxidation sites excluding steroid dienone is 3. The average Bonchev–Trinajstić information content (AvgIpc) is 2.74.